The van der Waals surface area contributed by atoms with Crippen molar-refractivity contribution in [2.24, 2.45) is 5.92 Å². The highest BCUT2D eigenvalue weighted by atomic mass is 32.2. The highest BCUT2D eigenvalue weighted by Gasteiger charge is 2.21. The first kappa shape index (κ1) is 15.4. The van der Waals surface area contributed by atoms with Crippen LogP contribution in [0.25, 0.3) is 0 Å². The summed E-state index contributed by atoms with van der Waals surface area (Å²) in [5.41, 5.74) is 0. The molecule has 0 aromatic rings. The van der Waals surface area contributed by atoms with Crippen LogP contribution in [-0.4, -0.2) is 31.6 Å². The largest absolute Gasteiger partial charge is 0.214 e. The predicted molar refractivity (Wildman–Crippen MR) is 65.3 cm³/mol. The maximum absolute atomic E-state index is 11.9. The maximum Gasteiger partial charge on any atom is 0.214 e. The Bertz CT molecular complexity index is 317. The zero-order chi connectivity index (χ0) is 12.6. The lowest BCUT2D eigenvalue weighted by atomic mass is 10.2. The molecule has 94 valence electrons. The van der Waals surface area contributed by atoms with Crippen LogP contribution in [0.3, 0.4) is 0 Å². The van der Waals surface area contributed by atoms with Gasteiger partial charge in [-0.05, 0) is 12.3 Å². The van der Waals surface area contributed by atoms with Crippen LogP contribution in [0.2, 0.25) is 0 Å². The molecule has 0 aliphatic heterocycles. The lowest BCUT2D eigenvalue weighted by Crippen LogP contribution is -2.36. The molecule has 0 spiro atoms. The van der Waals surface area contributed by atoms with Crippen molar-refractivity contribution in [3.05, 3.63) is 0 Å². The van der Waals surface area contributed by atoms with Gasteiger partial charge in [0.2, 0.25) is 10.0 Å². The van der Waals surface area contributed by atoms with Gasteiger partial charge >= 0.3 is 0 Å². The first-order valence-corrected chi connectivity index (χ1v) is 7.39. The second-order valence-corrected chi connectivity index (χ2v) is 6.42. The van der Waals surface area contributed by atoms with Gasteiger partial charge in [0.15, 0.2) is 0 Å². The van der Waals surface area contributed by atoms with Crippen LogP contribution >= 0.6 is 0 Å². The van der Waals surface area contributed by atoms with E-state index in [9.17, 15) is 8.42 Å². The standard InChI is InChI=1S/C11H22N2O2S/c1-4-5-9-16(14,15)13(8-6-7-12)10-11(2)3/h11H,4-6,8-10H2,1-3H3. The van der Waals surface area contributed by atoms with Crippen molar-refractivity contribution in [1.82, 2.24) is 4.31 Å². The van der Waals surface area contributed by atoms with Crippen molar-refractivity contribution in [1.29, 1.82) is 5.26 Å². The van der Waals surface area contributed by atoms with E-state index in [0.29, 0.717) is 19.5 Å². The van der Waals surface area contributed by atoms with Crippen LogP contribution in [0.1, 0.15) is 40.0 Å². The van der Waals surface area contributed by atoms with Crippen LogP contribution < -0.4 is 0 Å². The van der Waals surface area contributed by atoms with E-state index in [-0.39, 0.29) is 18.1 Å². The number of hydrogen-bond acceptors (Lipinski definition) is 3. The number of nitrogens with zero attached hydrogens (tertiary/aromatic N) is 2. The molecular formula is C11H22N2O2S. The summed E-state index contributed by atoms with van der Waals surface area (Å²) in [6.45, 7) is 6.76. The van der Waals surface area contributed by atoms with Crippen molar-refractivity contribution in [3.8, 4) is 6.07 Å². The average Bonchev–Trinajstić information content (AvgIpc) is 2.20. The molecule has 0 unspecified atom stereocenters. The number of nitriles is 1. The molecule has 4 nitrogen and oxygen atoms in total. The van der Waals surface area contributed by atoms with E-state index in [1.807, 2.05) is 26.8 Å². The first-order valence-electron chi connectivity index (χ1n) is 5.78. The minimum Gasteiger partial charge on any atom is -0.212 e. The van der Waals surface area contributed by atoms with Gasteiger partial charge in [-0.15, -0.1) is 0 Å². The van der Waals surface area contributed by atoms with Crippen LogP contribution in [-0.2, 0) is 10.0 Å². The number of rotatable bonds is 8. The van der Waals surface area contributed by atoms with Gasteiger partial charge in [-0.25, -0.2) is 12.7 Å². The maximum atomic E-state index is 11.9. The summed E-state index contributed by atoms with van der Waals surface area (Å²) in [5, 5.41) is 8.52. The Hall–Kier alpha value is -0.600. The van der Waals surface area contributed by atoms with E-state index in [1.165, 1.54) is 4.31 Å². The molecule has 0 saturated carbocycles. The van der Waals surface area contributed by atoms with E-state index in [1.54, 1.807) is 0 Å². The van der Waals surface area contributed by atoms with Gasteiger partial charge in [0, 0.05) is 19.5 Å². The lowest BCUT2D eigenvalue weighted by molar-refractivity contribution is 0.372. The summed E-state index contributed by atoms with van der Waals surface area (Å²) in [7, 11) is -3.17. The molecule has 0 aliphatic rings. The van der Waals surface area contributed by atoms with Crippen molar-refractivity contribution < 1.29 is 8.42 Å². The molecule has 0 atom stereocenters. The molecule has 5 heteroatoms. The summed E-state index contributed by atoms with van der Waals surface area (Å²) in [6, 6.07) is 1.99. The fourth-order valence-electron chi connectivity index (χ4n) is 1.38. The molecule has 0 fully saturated rings. The SMILES string of the molecule is CCCCS(=O)(=O)N(CCC#N)CC(C)C. The molecule has 0 rings (SSSR count). The Morgan fingerprint density at radius 1 is 1.38 bits per heavy atom. The number of sulfonamides is 1. The summed E-state index contributed by atoms with van der Waals surface area (Å²) in [6.07, 6.45) is 1.81. The molecule has 0 saturated heterocycles. The Morgan fingerprint density at radius 3 is 2.44 bits per heavy atom. The predicted octanol–water partition coefficient (Wildman–Crippen LogP) is 1.99. The number of unbranched alkanes of at least 4 members (excludes halogenated alkanes) is 1. The van der Waals surface area contributed by atoms with Gasteiger partial charge < -0.3 is 0 Å². The second-order valence-electron chi connectivity index (χ2n) is 4.33. The van der Waals surface area contributed by atoms with Crippen molar-refractivity contribution in [2.75, 3.05) is 18.8 Å². The quantitative estimate of drug-likeness (QED) is 0.658. The fourth-order valence-corrected chi connectivity index (χ4v) is 3.19. The second kappa shape index (κ2) is 7.64. The fraction of sp³-hybridized carbons (Fsp3) is 0.909. The topological polar surface area (TPSA) is 61.2 Å². The lowest BCUT2D eigenvalue weighted by Gasteiger charge is -2.22. The molecule has 0 aliphatic carbocycles. The van der Waals surface area contributed by atoms with E-state index >= 15 is 0 Å². The van der Waals surface area contributed by atoms with E-state index in [0.717, 1.165) is 6.42 Å². The van der Waals surface area contributed by atoms with E-state index < -0.39 is 10.0 Å². The van der Waals surface area contributed by atoms with Gasteiger partial charge in [-0.1, -0.05) is 27.2 Å². The van der Waals surface area contributed by atoms with Crippen LogP contribution in [0.15, 0.2) is 0 Å². The Labute approximate surface area is 99.3 Å². The molecule has 0 amide bonds. The molecule has 0 aromatic heterocycles. The van der Waals surface area contributed by atoms with Gasteiger partial charge in [0.25, 0.3) is 0 Å². The molecule has 16 heavy (non-hydrogen) atoms. The van der Waals surface area contributed by atoms with Gasteiger partial charge in [0.1, 0.15) is 0 Å². The molecular weight excluding hydrogens is 224 g/mol. The zero-order valence-corrected chi connectivity index (χ0v) is 11.3. The summed E-state index contributed by atoms with van der Waals surface area (Å²) >= 11 is 0. The van der Waals surface area contributed by atoms with Crippen LogP contribution in [0.5, 0.6) is 0 Å². The van der Waals surface area contributed by atoms with E-state index in [4.69, 9.17) is 5.26 Å². The highest BCUT2D eigenvalue weighted by molar-refractivity contribution is 7.89. The van der Waals surface area contributed by atoms with E-state index in [2.05, 4.69) is 0 Å². The molecule has 0 heterocycles. The highest BCUT2D eigenvalue weighted by Crippen LogP contribution is 2.09. The Balaban J connectivity index is 4.53. The third-order valence-electron chi connectivity index (χ3n) is 2.19. The van der Waals surface area contributed by atoms with Crippen molar-refractivity contribution >= 4 is 10.0 Å². The first-order chi connectivity index (χ1) is 7.44. The van der Waals surface area contributed by atoms with Crippen LogP contribution in [0, 0.1) is 17.2 Å². The summed E-state index contributed by atoms with van der Waals surface area (Å²) in [4.78, 5) is 0. The monoisotopic (exact) mass is 246 g/mol. The molecule has 0 N–H and O–H groups in total. The average molecular weight is 246 g/mol. The minimum atomic E-state index is -3.17. The number of hydrogen-bond donors (Lipinski definition) is 0. The third-order valence-corrected chi connectivity index (χ3v) is 4.11. The van der Waals surface area contributed by atoms with Gasteiger partial charge in [0.05, 0.1) is 11.8 Å². The zero-order valence-electron chi connectivity index (χ0n) is 10.4. The Morgan fingerprint density at radius 2 is 2.00 bits per heavy atom. The summed E-state index contributed by atoms with van der Waals surface area (Å²) < 4.78 is 25.3. The minimum absolute atomic E-state index is 0.196. The van der Waals surface area contributed by atoms with Gasteiger partial charge in [-0.3, -0.25) is 0 Å². The molecule has 0 aromatic carbocycles. The van der Waals surface area contributed by atoms with Gasteiger partial charge in [-0.2, -0.15) is 5.26 Å². The smallest absolute Gasteiger partial charge is 0.212 e. The Kier molecular flexibility index (Phi) is 7.35. The normalized spacial score (nSPS) is 12.0. The summed E-state index contributed by atoms with van der Waals surface area (Å²) in [5.74, 6) is 0.483. The molecule has 0 bridgehead atoms. The van der Waals surface area contributed by atoms with Crippen LogP contribution in [0.4, 0.5) is 0 Å². The van der Waals surface area contributed by atoms with Crippen molar-refractivity contribution in [2.45, 2.75) is 40.0 Å². The third kappa shape index (κ3) is 6.09. The molecule has 0 radical (unpaired) electrons. The van der Waals surface area contributed by atoms with Crippen molar-refractivity contribution in [3.63, 3.8) is 0 Å².